The van der Waals surface area contributed by atoms with Crippen molar-refractivity contribution in [1.29, 1.82) is 0 Å². The minimum absolute atomic E-state index is 0.116. The van der Waals surface area contributed by atoms with Crippen molar-refractivity contribution in [3.8, 4) is 0 Å². The molecule has 23 heavy (non-hydrogen) atoms. The summed E-state index contributed by atoms with van der Waals surface area (Å²) in [6.45, 7) is 13.3. The first-order valence-electron chi connectivity index (χ1n) is 9.06. The number of hydrogen-bond acceptors (Lipinski definition) is 3. The van der Waals surface area contributed by atoms with E-state index in [0.717, 1.165) is 31.2 Å². The van der Waals surface area contributed by atoms with Gasteiger partial charge in [-0.1, -0.05) is 39.3 Å². The van der Waals surface area contributed by atoms with E-state index in [1.54, 1.807) is 0 Å². The van der Waals surface area contributed by atoms with Crippen LogP contribution in [0.5, 0.6) is 0 Å². The van der Waals surface area contributed by atoms with Crippen LogP contribution in [0, 0.1) is 0 Å². The van der Waals surface area contributed by atoms with Gasteiger partial charge >= 0.3 is 0 Å². The smallest absolute Gasteiger partial charge is 0.208 e. The van der Waals surface area contributed by atoms with Crippen molar-refractivity contribution < 1.29 is 9.84 Å². The zero-order valence-corrected chi connectivity index (χ0v) is 15.6. The third kappa shape index (κ3) is 3.62. The van der Waals surface area contributed by atoms with Crippen LogP contribution in [0.25, 0.3) is 0 Å². The second kappa shape index (κ2) is 6.92. The number of benzene rings is 1. The third-order valence-electron chi connectivity index (χ3n) is 4.95. The van der Waals surface area contributed by atoms with Crippen LogP contribution in [0.1, 0.15) is 70.2 Å². The van der Waals surface area contributed by atoms with Crippen LogP contribution < -0.4 is 5.32 Å². The second-order valence-corrected chi connectivity index (χ2v) is 7.47. The molecule has 0 amide bonds. The number of nitrogens with one attached hydrogen (secondary N) is 1. The van der Waals surface area contributed by atoms with E-state index in [0.29, 0.717) is 6.61 Å². The van der Waals surface area contributed by atoms with E-state index in [2.05, 4.69) is 52.1 Å². The van der Waals surface area contributed by atoms with Gasteiger partial charge in [-0.25, -0.2) is 0 Å². The molecule has 1 saturated heterocycles. The number of aryl methyl sites for hydroxylation is 2. The second-order valence-electron chi connectivity index (χ2n) is 7.47. The SMILES string of the molecule is CCCc1cc(C2(O)OCC(C)(C)NC2C)cc(CC)c1CC. The molecule has 1 aromatic rings. The molecular weight excluding hydrogens is 286 g/mol. The topological polar surface area (TPSA) is 41.5 Å². The minimum Gasteiger partial charge on any atom is -0.361 e. The summed E-state index contributed by atoms with van der Waals surface area (Å²) >= 11 is 0. The standard InChI is InChI=1S/C20H33NO2/c1-7-10-16-12-17(11-15(8-2)18(16)9-3)20(22)14(4)21-19(5,6)13-23-20/h11-12,14,21-22H,7-10,13H2,1-6H3. The molecule has 0 spiro atoms. The number of morpholine rings is 1. The van der Waals surface area contributed by atoms with Gasteiger partial charge in [-0.05, 0) is 56.7 Å². The fourth-order valence-corrected chi connectivity index (χ4v) is 3.74. The van der Waals surface area contributed by atoms with E-state index in [1.807, 2.05) is 6.92 Å². The van der Waals surface area contributed by atoms with Crippen LogP contribution in [-0.4, -0.2) is 23.3 Å². The Morgan fingerprint density at radius 1 is 1.17 bits per heavy atom. The maximum Gasteiger partial charge on any atom is 0.208 e. The average Bonchev–Trinajstić information content (AvgIpc) is 2.50. The van der Waals surface area contributed by atoms with Gasteiger partial charge in [0.2, 0.25) is 5.79 Å². The molecule has 2 unspecified atom stereocenters. The largest absolute Gasteiger partial charge is 0.361 e. The Bertz CT molecular complexity index is 553. The lowest BCUT2D eigenvalue weighted by molar-refractivity contribution is -0.263. The maximum atomic E-state index is 11.2. The highest BCUT2D eigenvalue weighted by molar-refractivity contribution is 5.42. The molecule has 2 N–H and O–H groups in total. The molecule has 0 radical (unpaired) electrons. The Labute approximate surface area is 141 Å². The van der Waals surface area contributed by atoms with Crippen LogP contribution in [0.2, 0.25) is 0 Å². The maximum absolute atomic E-state index is 11.2. The minimum atomic E-state index is -1.26. The molecule has 130 valence electrons. The molecule has 1 heterocycles. The van der Waals surface area contributed by atoms with Gasteiger partial charge in [0.05, 0.1) is 12.6 Å². The van der Waals surface area contributed by atoms with E-state index in [-0.39, 0.29) is 11.6 Å². The van der Waals surface area contributed by atoms with Crippen LogP contribution in [-0.2, 0) is 29.8 Å². The van der Waals surface area contributed by atoms with E-state index < -0.39 is 5.79 Å². The molecule has 2 atom stereocenters. The molecular formula is C20H33NO2. The Kier molecular flexibility index (Phi) is 5.55. The Morgan fingerprint density at radius 3 is 2.35 bits per heavy atom. The molecule has 0 aliphatic carbocycles. The van der Waals surface area contributed by atoms with Gasteiger partial charge < -0.3 is 15.2 Å². The van der Waals surface area contributed by atoms with Gasteiger partial charge in [-0.15, -0.1) is 0 Å². The van der Waals surface area contributed by atoms with Crippen molar-refractivity contribution in [1.82, 2.24) is 5.32 Å². The monoisotopic (exact) mass is 319 g/mol. The van der Waals surface area contributed by atoms with Crippen molar-refractivity contribution in [2.75, 3.05) is 6.61 Å². The zero-order valence-electron chi connectivity index (χ0n) is 15.6. The van der Waals surface area contributed by atoms with Crippen LogP contribution in [0.15, 0.2) is 12.1 Å². The molecule has 0 aromatic heterocycles. The van der Waals surface area contributed by atoms with Crippen LogP contribution in [0.3, 0.4) is 0 Å². The zero-order chi connectivity index (χ0) is 17.3. The Hall–Kier alpha value is -0.900. The summed E-state index contributed by atoms with van der Waals surface area (Å²) in [7, 11) is 0. The van der Waals surface area contributed by atoms with Crippen molar-refractivity contribution >= 4 is 0 Å². The van der Waals surface area contributed by atoms with Gasteiger partial charge in [0, 0.05) is 11.1 Å². The van der Waals surface area contributed by atoms with Crippen molar-refractivity contribution in [3.63, 3.8) is 0 Å². The molecule has 1 aromatic carbocycles. The molecule has 0 saturated carbocycles. The van der Waals surface area contributed by atoms with Gasteiger partial charge in [-0.2, -0.15) is 0 Å². The molecule has 1 aliphatic heterocycles. The number of aliphatic hydroxyl groups is 1. The highest BCUT2D eigenvalue weighted by Crippen LogP contribution is 2.35. The summed E-state index contributed by atoms with van der Waals surface area (Å²) in [5.74, 6) is -1.26. The van der Waals surface area contributed by atoms with Crippen molar-refractivity contribution in [2.24, 2.45) is 0 Å². The lowest BCUT2D eigenvalue weighted by Crippen LogP contribution is -2.63. The molecule has 1 aliphatic rings. The molecule has 2 rings (SSSR count). The van der Waals surface area contributed by atoms with E-state index >= 15 is 0 Å². The first kappa shape index (κ1) is 18.4. The average molecular weight is 319 g/mol. The van der Waals surface area contributed by atoms with Gasteiger partial charge in [0.25, 0.3) is 0 Å². The Balaban J connectivity index is 2.48. The van der Waals surface area contributed by atoms with Gasteiger partial charge in [0.15, 0.2) is 0 Å². The highest BCUT2D eigenvalue weighted by Gasteiger charge is 2.45. The quantitative estimate of drug-likeness (QED) is 0.869. The number of hydrogen-bond donors (Lipinski definition) is 2. The fourth-order valence-electron chi connectivity index (χ4n) is 3.74. The fraction of sp³-hybridized carbons (Fsp3) is 0.700. The lowest BCUT2D eigenvalue weighted by Gasteiger charge is -2.46. The predicted octanol–water partition coefficient (Wildman–Crippen LogP) is 3.70. The first-order valence-corrected chi connectivity index (χ1v) is 9.06. The summed E-state index contributed by atoms with van der Waals surface area (Å²) in [6, 6.07) is 4.16. The van der Waals surface area contributed by atoms with Gasteiger partial charge in [-0.3, -0.25) is 0 Å². The summed E-state index contributed by atoms with van der Waals surface area (Å²) in [6.07, 6.45) is 4.18. The third-order valence-corrected chi connectivity index (χ3v) is 4.95. The molecule has 3 heteroatoms. The summed E-state index contributed by atoms with van der Waals surface area (Å²) in [4.78, 5) is 0. The molecule has 3 nitrogen and oxygen atoms in total. The highest BCUT2D eigenvalue weighted by atomic mass is 16.6. The summed E-state index contributed by atoms with van der Waals surface area (Å²) < 4.78 is 5.98. The van der Waals surface area contributed by atoms with Crippen molar-refractivity contribution in [2.45, 2.75) is 84.6 Å². The number of rotatable bonds is 5. The number of ether oxygens (including phenoxy) is 1. The van der Waals surface area contributed by atoms with Crippen LogP contribution in [0.4, 0.5) is 0 Å². The molecule has 0 bridgehead atoms. The van der Waals surface area contributed by atoms with Crippen LogP contribution >= 0.6 is 0 Å². The van der Waals surface area contributed by atoms with E-state index in [1.165, 1.54) is 16.7 Å². The molecule has 1 fully saturated rings. The van der Waals surface area contributed by atoms with Crippen molar-refractivity contribution in [3.05, 3.63) is 34.4 Å². The predicted molar refractivity (Wildman–Crippen MR) is 95.7 cm³/mol. The van der Waals surface area contributed by atoms with E-state index in [4.69, 9.17) is 4.74 Å². The lowest BCUT2D eigenvalue weighted by atomic mass is 9.86. The normalized spacial score (nSPS) is 27.2. The Morgan fingerprint density at radius 2 is 1.83 bits per heavy atom. The summed E-state index contributed by atoms with van der Waals surface area (Å²) in [5.41, 5.74) is 4.92. The van der Waals surface area contributed by atoms with Gasteiger partial charge in [0.1, 0.15) is 0 Å². The van der Waals surface area contributed by atoms with E-state index in [9.17, 15) is 5.11 Å². The first-order chi connectivity index (χ1) is 10.8. The summed E-state index contributed by atoms with van der Waals surface area (Å²) in [5, 5.41) is 14.7.